The predicted molar refractivity (Wildman–Crippen MR) is 78.4 cm³/mol. The number of rotatable bonds is 6. The van der Waals surface area contributed by atoms with E-state index in [1.54, 1.807) is 18.5 Å². The maximum Gasteiger partial charge on any atom is 0.283 e. The summed E-state index contributed by atoms with van der Waals surface area (Å²) in [7, 11) is -0.898. The van der Waals surface area contributed by atoms with Crippen molar-refractivity contribution < 1.29 is 4.21 Å². The van der Waals surface area contributed by atoms with Crippen molar-refractivity contribution in [2.24, 2.45) is 0 Å². The molecule has 2 unspecified atom stereocenters. The van der Waals surface area contributed by atoms with Crippen molar-refractivity contribution in [1.29, 1.82) is 0 Å². The Kier molecular flexibility index (Phi) is 5.74. The molecule has 1 aromatic heterocycles. The van der Waals surface area contributed by atoms with E-state index in [4.69, 9.17) is 0 Å². The highest BCUT2D eigenvalue weighted by molar-refractivity contribution is 9.10. The molecular weight excluding hydrogens is 318 g/mol. The van der Waals surface area contributed by atoms with Crippen LogP contribution in [0.15, 0.2) is 28.1 Å². The van der Waals surface area contributed by atoms with Crippen molar-refractivity contribution in [3.8, 4) is 0 Å². The highest BCUT2D eigenvalue weighted by atomic mass is 79.9. The van der Waals surface area contributed by atoms with Gasteiger partial charge in [0.1, 0.15) is 4.47 Å². The summed E-state index contributed by atoms with van der Waals surface area (Å²) in [5.74, 6) is 0. The Morgan fingerprint density at radius 3 is 2.94 bits per heavy atom. The number of allylic oxidation sites excluding steroid dienone is 1. The molecule has 0 bridgehead atoms. The predicted octanol–water partition coefficient (Wildman–Crippen LogP) is 1.37. The van der Waals surface area contributed by atoms with Crippen LogP contribution in [0.5, 0.6) is 0 Å². The van der Waals surface area contributed by atoms with Crippen LogP contribution in [0.1, 0.15) is 6.92 Å². The Labute approximate surface area is 117 Å². The van der Waals surface area contributed by atoms with Gasteiger partial charge in [-0.25, -0.2) is 4.68 Å². The Hall–Kier alpha value is -0.950. The zero-order valence-corrected chi connectivity index (χ0v) is 12.8. The quantitative estimate of drug-likeness (QED) is 0.798. The van der Waals surface area contributed by atoms with Gasteiger partial charge in [0.15, 0.2) is 0 Å². The van der Waals surface area contributed by atoms with Crippen LogP contribution in [-0.4, -0.2) is 32.0 Å². The SMILES string of the molecule is C=CCn1ncc(NCC(C)S(C)=O)c(Br)c1=O. The van der Waals surface area contributed by atoms with Crippen molar-refractivity contribution in [1.82, 2.24) is 9.78 Å². The van der Waals surface area contributed by atoms with E-state index in [2.05, 4.69) is 32.9 Å². The van der Waals surface area contributed by atoms with Crippen molar-refractivity contribution in [3.63, 3.8) is 0 Å². The minimum Gasteiger partial charge on any atom is -0.381 e. The van der Waals surface area contributed by atoms with Gasteiger partial charge in [0.25, 0.3) is 5.56 Å². The summed E-state index contributed by atoms with van der Waals surface area (Å²) in [6.07, 6.45) is 4.83. The molecule has 1 heterocycles. The van der Waals surface area contributed by atoms with E-state index in [1.165, 1.54) is 4.68 Å². The van der Waals surface area contributed by atoms with Gasteiger partial charge < -0.3 is 5.32 Å². The summed E-state index contributed by atoms with van der Waals surface area (Å²) in [4.78, 5) is 11.9. The van der Waals surface area contributed by atoms with Crippen LogP contribution in [0.4, 0.5) is 5.69 Å². The number of halogens is 1. The summed E-state index contributed by atoms with van der Waals surface area (Å²) in [6, 6.07) is 0. The van der Waals surface area contributed by atoms with Gasteiger partial charge in [-0.2, -0.15) is 5.10 Å². The lowest BCUT2D eigenvalue weighted by atomic mass is 10.4. The fourth-order valence-electron chi connectivity index (χ4n) is 1.21. The van der Waals surface area contributed by atoms with Crippen LogP contribution in [0.25, 0.3) is 0 Å². The first-order valence-electron chi connectivity index (χ1n) is 5.40. The zero-order valence-electron chi connectivity index (χ0n) is 10.4. The Balaban J connectivity index is 2.86. The van der Waals surface area contributed by atoms with E-state index in [0.29, 0.717) is 23.2 Å². The van der Waals surface area contributed by atoms with Gasteiger partial charge in [-0.15, -0.1) is 6.58 Å². The molecule has 7 heteroatoms. The first-order chi connectivity index (χ1) is 8.47. The smallest absolute Gasteiger partial charge is 0.283 e. The van der Waals surface area contributed by atoms with E-state index in [-0.39, 0.29) is 10.8 Å². The largest absolute Gasteiger partial charge is 0.381 e. The van der Waals surface area contributed by atoms with Gasteiger partial charge in [-0.3, -0.25) is 9.00 Å². The highest BCUT2D eigenvalue weighted by Crippen LogP contribution is 2.16. The number of aromatic nitrogens is 2. The molecule has 0 amide bonds. The number of nitrogens with one attached hydrogen (secondary N) is 1. The second kappa shape index (κ2) is 6.84. The second-order valence-corrected chi connectivity index (χ2v) is 6.43. The van der Waals surface area contributed by atoms with Crippen LogP contribution in [0, 0.1) is 0 Å². The van der Waals surface area contributed by atoms with Crippen LogP contribution < -0.4 is 10.9 Å². The van der Waals surface area contributed by atoms with Gasteiger partial charge in [0.2, 0.25) is 0 Å². The molecule has 5 nitrogen and oxygen atoms in total. The lowest BCUT2D eigenvalue weighted by molar-refractivity contribution is 0.648. The van der Waals surface area contributed by atoms with E-state index in [9.17, 15) is 9.00 Å². The molecule has 0 fully saturated rings. The molecule has 0 aromatic carbocycles. The molecule has 100 valence electrons. The molecule has 2 atom stereocenters. The topological polar surface area (TPSA) is 64.0 Å². The fourth-order valence-corrected chi connectivity index (χ4v) is 1.98. The normalized spacial score (nSPS) is 13.9. The van der Waals surface area contributed by atoms with Crippen molar-refractivity contribution in [2.75, 3.05) is 18.1 Å². The molecule has 0 aliphatic carbocycles. The van der Waals surface area contributed by atoms with Gasteiger partial charge in [0, 0.05) is 28.9 Å². The average molecular weight is 334 g/mol. The standard InChI is InChI=1S/C11H16BrN3O2S/c1-4-5-15-11(16)10(12)9(7-14-15)13-6-8(2)18(3)17/h4,7-8,13H,1,5-6H2,2-3H3. The first-order valence-corrected chi connectivity index (χ1v) is 7.81. The molecule has 0 aliphatic heterocycles. The maximum atomic E-state index is 11.9. The third kappa shape index (κ3) is 3.78. The van der Waals surface area contributed by atoms with Crippen LogP contribution in [0.2, 0.25) is 0 Å². The summed E-state index contributed by atoms with van der Waals surface area (Å²) >= 11 is 3.24. The first kappa shape index (κ1) is 15.1. The summed E-state index contributed by atoms with van der Waals surface area (Å²) in [5, 5.41) is 7.09. The third-order valence-corrected chi connectivity index (χ3v) is 4.50. The van der Waals surface area contributed by atoms with Crippen LogP contribution in [-0.2, 0) is 17.3 Å². The fraction of sp³-hybridized carbons (Fsp3) is 0.455. The molecule has 0 spiro atoms. The number of hydrogen-bond acceptors (Lipinski definition) is 4. The van der Waals surface area contributed by atoms with E-state index >= 15 is 0 Å². The Morgan fingerprint density at radius 2 is 2.39 bits per heavy atom. The van der Waals surface area contributed by atoms with Crippen LogP contribution >= 0.6 is 15.9 Å². The van der Waals surface area contributed by atoms with E-state index in [1.807, 2.05) is 6.92 Å². The maximum absolute atomic E-state index is 11.9. The van der Waals surface area contributed by atoms with Crippen molar-refractivity contribution >= 4 is 32.4 Å². The molecule has 0 saturated heterocycles. The minimum absolute atomic E-state index is 0.00695. The highest BCUT2D eigenvalue weighted by Gasteiger charge is 2.10. The lowest BCUT2D eigenvalue weighted by Gasteiger charge is -2.12. The molecule has 18 heavy (non-hydrogen) atoms. The van der Waals surface area contributed by atoms with Gasteiger partial charge in [0.05, 0.1) is 18.4 Å². The molecule has 0 aliphatic rings. The van der Waals surface area contributed by atoms with Crippen molar-refractivity contribution in [2.45, 2.75) is 18.7 Å². The lowest BCUT2D eigenvalue weighted by Crippen LogP contribution is -2.26. The summed E-state index contributed by atoms with van der Waals surface area (Å²) < 4.78 is 13.0. The minimum atomic E-state index is -0.898. The summed E-state index contributed by atoms with van der Waals surface area (Å²) in [5.41, 5.74) is 0.391. The molecule has 1 N–H and O–H groups in total. The van der Waals surface area contributed by atoms with Gasteiger partial charge >= 0.3 is 0 Å². The molecule has 1 rings (SSSR count). The monoisotopic (exact) mass is 333 g/mol. The molecule has 0 radical (unpaired) electrons. The number of nitrogens with zero attached hydrogens (tertiary/aromatic N) is 2. The van der Waals surface area contributed by atoms with Gasteiger partial charge in [-0.1, -0.05) is 6.08 Å². The van der Waals surface area contributed by atoms with E-state index in [0.717, 1.165) is 0 Å². The second-order valence-electron chi connectivity index (χ2n) is 3.84. The Bertz CT molecular complexity index is 516. The zero-order chi connectivity index (χ0) is 13.7. The van der Waals surface area contributed by atoms with Crippen LogP contribution in [0.3, 0.4) is 0 Å². The third-order valence-electron chi connectivity index (χ3n) is 2.43. The number of hydrogen-bond donors (Lipinski definition) is 1. The summed E-state index contributed by atoms with van der Waals surface area (Å²) in [6.45, 7) is 6.33. The molecular formula is C11H16BrN3O2S. The van der Waals surface area contributed by atoms with Crippen molar-refractivity contribution in [3.05, 3.63) is 33.7 Å². The average Bonchev–Trinajstić information content (AvgIpc) is 2.33. The number of anilines is 1. The molecule has 0 saturated carbocycles. The Morgan fingerprint density at radius 1 is 1.72 bits per heavy atom. The van der Waals surface area contributed by atoms with E-state index < -0.39 is 10.8 Å². The molecule has 1 aromatic rings. The van der Waals surface area contributed by atoms with Gasteiger partial charge in [-0.05, 0) is 22.9 Å².